The van der Waals surface area contributed by atoms with Crippen LogP contribution in [0.1, 0.15) is 59.3 Å². The van der Waals surface area contributed by atoms with Crippen molar-refractivity contribution in [2.45, 2.75) is 56.0 Å². The molecule has 1 amide bonds. The Morgan fingerprint density at radius 3 is 2.56 bits per heavy atom. The lowest BCUT2D eigenvalue weighted by molar-refractivity contribution is -0.120. The predicted octanol–water partition coefficient (Wildman–Crippen LogP) is 5.56. The van der Waals surface area contributed by atoms with Crippen LogP contribution < -0.4 is 9.62 Å². The number of hydrogen-bond acceptors (Lipinski definition) is 4. The maximum atomic E-state index is 14.0. The topological polar surface area (TPSA) is 84.3 Å². The highest BCUT2D eigenvalue weighted by Gasteiger charge is 2.46. The lowest BCUT2D eigenvalue weighted by Gasteiger charge is -2.29. The van der Waals surface area contributed by atoms with E-state index in [1.54, 1.807) is 47.5 Å². The van der Waals surface area contributed by atoms with Crippen LogP contribution in [-0.2, 0) is 34.8 Å². The summed E-state index contributed by atoms with van der Waals surface area (Å²) in [4.78, 5) is 20.4. The Morgan fingerprint density at radius 1 is 1.10 bits per heavy atom. The SMILES string of the molecule is Cc1ccc(S(=O)(=O)N[C@H]2CCCc3ccc(N(Cc4nccn4C)C(=O)[C@@H]4C[C@H]4c4ccc(F)cc4)cc32)cc1. The van der Waals surface area contributed by atoms with Gasteiger partial charge in [-0.15, -0.1) is 0 Å². The lowest BCUT2D eigenvalue weighted by Crippen LogP contribution is -2.34. The molecule has 1 saturated carbocycles. The minimum absolute atomic E-state index is 0.0186. The molecule has 1 fully saturated rings. The summed E-state index contributed by atoms with van der Waals surface area (Å²) in [7, 11) is -1.84. The van der Waals surface area contributed by atoms with Crippen LogP contribution >= 0.6 is 0 Å². The molecule has 2 aliphatic carbocycles. The molecule has 7 nitrogen and oxygen atoms in total. The highest BCUT2D eigenvalue weighted by atomic mass is 32.2. The first-order valence-corrected chi connectivity index (χ1v) is 15.4. The standard InChI is InChI=1S/C32H33FN4O3S/c1-21-6-14-26(15-7-21)41(39,40)35-30-5-3-4-22-10-13-25(18-28(22)30)37(20-31-34-16-17-36(31)2)32(38)29-19-27(29)23-8-11-24(33)12-9-23/h6-18,27,29-30,35H,3-5,19-20H2,1-2H3/t27-,29+,30-/m0/s1. The Labute approximate surface area is 240 Å². The number of carbonyl (C=O) groups is 1. The van der Waals surface area contributed by atoms with Crippen LogP contribution in [0.2, 0.25) is 0 Å². The molecular formula is C32H33FN4O3S. The van der Waals surface area contributed by atoms with Crippen molar-refractivity contribution in [3.05, 3.63) is 113 Å². The summed E-state index contributed by atoms with van der Waals surface area (Å²) in [6.45, 7) is 2.21. The fourth-order valence-corrected chi connectivity index (χ4v) is 7.03. The highest BCUT2D eigenvalue weighted by Crippen LogP contribution is 2.49. The van der Waals surface area contributed by atoms with Gasteiger partial charge in [-0.1, -0.05) is 35.9 Å². The molecule has 212 valence electrons. The van der Waals surface area contributed by atoms with Gasteiger partial charge in [-0.2, -0.15) is 0 Å². The third-order valence-corrected chi connectivity index (χ3v) is 9.76. The number of hydrogen-bond donors (Lipinski definition) is 1. The van der Waals surface area contributed by atoms with E-state index in [9.17, 15) is 17.6 Å². The van der Waals surface area contributed by atoms with Crippen LogP contribution in [-0.4, -0.2) is 23.9 Å². The quantitative estimate of drug-likeness (QED) is 0.300. The van der Waals surface area contributed by atoms with Gasteiger partial charge in [0.25, 0.3) is 0 Å². The van der Waals surface area contributed by atoms with Gasteiger partial charge in [-0.05, 0) is 91.6 Å². The van der Waals surface area contributed by atoms with Gasteiger partial charge < -0.3 is 9.47 Å². The monoisotopic (exact) mass is 572 g/mol. The summed E-state index contributed by atoms with van der Waals surface area (Å²) in [5, 5.41) is 0. The fourth-order valence-electron chi connectivity index (χ4n) is 5.78. The van der Waals surface area contributed by atoms with Crippen molar-refractivity contribution in [3.8, 4) is 0 Å². The molecular weight excluding hydrogens is 539 g/mol. The first-order valence-electron chi connectivity index (χ1n) is 13.9. The van der Waals surface area contributed by atoms with Crippen LogP contribution in [0, 0.1) is 18.7 Å². The summed E-state index contributed by atoms with van der Waals surface area (Å²) >= 11 is 0. The third kappa shape index (κ3) is 5.69. The maximum absolute atomic E-state index is 14.0. The second-order valence-electron chi connectivity index (χ2n) is 11.1. The average molecular weight is 573 g/mol. The largest absolute Gasteiger partial charge is 0.337 e. The summed E-state index contributed by atoms with van der Waals surface area (Å²) in [6, 6.07) is 18.7. The number of anilines is 1. The van der Waals surface area contributed by atoms with Gasteiger partial charge in [0, 0.05) is 37.1 Å². The number of nitrogens with one attached hydrogen (secondary N) is 1. The molecule has 9 heteroatoms. The van der Waals surface area contributed by atoms with E-state index >= 15 is 0 Å². The average Bonchev–Trinajstić information content (AvgIpc) is 3.66. The van der Waals surface area contributed by atoms with Gasteiger partial charge in [-0.3, -0.25) is 4.79 Å². The van der Waals surface area contributed by atoms with E-state index in [0.717, 1.165) is 40.9 Å². The molecule has 4 aromatic rings. The minimum Gasteiger partial charge on any atom is -0.337 e. The summed E-state index contributed by atoms with van der Waals surface area (Å²) in [5.74, 6) is 0.253. The zero-order chi connectivity index (χ0) is 28.7. The predicted molar refractivity (Wildman–Crippen MR) is 155 cm³/mol. The molecule has 0 saturated heterocycles. The van der Waals surface area contributed by atoms with Gasteiger partial charge in [0.05, 0.1) is 11.4 Å². The number of halogens is 1. The fraction of sp³-hybridized carbons (Fsp3) is 0.312. The number of carbonyl (C=O) groups excluding carboxylic acids is 1. The molecule has 0 bridgehead atoms. The van der Waals surface area contributed by atoms with Crippen LogP contribution in [0.5, 0.6) is 0 Å². The first kappa shape index (κ1) is 27.4. The molecule has 1 aromatic heterocycles. The molecule has 0 unspecified atom stereocenters. The molecule has 3 aromatic carbocycles. The van der Waals surface area contributed by atoms with Crippen LogP contribution in [0.15, 0.2) is 84.0 Å². The van der Waals surface area contributed by atoms with Crippen molar-refractivity contribution in [3.63, 3.8) is 0 Å². The molecule has 3 atom stereocenters. The zero-order valence-electron chi connectivity index (χ0n) is 23.1. The van der Waals surface area contributed by atoms with E-state index in [0.29, 0.717) is 18.5 Å². The molecule has 0 radical (unpaired) electrons. The van der Waals surface area contributed by atoms with Crippen molar-refractivity contribution < 1.29 is 17.6 Å². The number of imidazole rings is 1. The number of sulfonamides is 1. The molecule has 41 heavy (non-hydrogen) atoms. The second kappa shape index (κ2) is 10.9. The molecule has 0 aliphatic heterocycles. The first-order chi connectivity index (χ1) is 19.7. The number of nitrogens with zero attached hydrogens (tertiary/aromatic N) is 3. The number of fused-ring (bicyclic) bond motifs is 1. The van der Waals surface area contributed by atoms with Crippen molar-refractivity contribution in [2.24, 2.45) is 13.0 Å². The van der Waals surface area contributed by atoms with Gasteiger partial charge in [0.1, 0.15) is 11.6 Å². The van der Waals surface area contributed by atoms with E-state index in [1.807, 2.05) is 42.9 Å². The number of amides is 1. The number of aromatic nitrogens is 2. The Kier molecular flexibility index (Phi) is 7.25. The van der Waals surface area contributed by atoms with Crippen LogP contribution in [0.4, 0.5) is 10.1 Å². The Hall–Kier alpha value is -3.82. The smallest absolute Gasteiger partial charge is 0.241 e. The Balaban J connectivity index is 1.31. The molecule has 2 aliphatic rings. The van der Waals surface area contributed by atoms with E-state index in [-0.39, 0.29) is 35.0 Å². The number of benzene rings is 3. The highest BCUT2D eigenvalue weighted by molar-refractivity contribution is 7.89. The van der Waals surface area contributed by atoms with E-state index in [2.05, 4.69) is 9.71 Å². The van der Waals surface area contributed by atoms with Crippen molar-refractivity contribution in [1.82, 2.24) is 14.3 Å². The number of rotatable bonds is 8. The Bertz CT molecular complexity index is 1680. The van der Waals surface area contributed by atoms with Crippen molar-refractivity contribution in [1.29, 1.82) is 0 Å². The van der Waals surface area contributed by atoms with Gasteiger partial charge in [0.15, 0.2) is 0 Å². The van der Waals surface area contributed by atoms with E-state index < -0.39 is 16.1 Å². The lowest BCUT2D eigenvalue weighted by atomic mass is 9.87. The van der Waals surface area contributed by atoms with Crippen LogP contribution in [0.25, 0.3) is 0 Å². The van der Waals surface area contributed by atoms with Crippen molar-refractivity contribution >= 4 is 21.6 Å². The van der Waals surface area contributed by atoms with Gasteiger partial charge >= 0.3 is 0 Å². The molecule has 1 heterocycles. The minimum atomic E-state index is -3.73. The normalized spacial score (nSPS) is 19.9. The third-order valence-electron chi connectivity index (χ3n) is 8.28. The zero-order valence-corrected chi connectivity index (χ0v) is 23.9. The van der Waals surface area contributed by atoms with Gasteiger partial charge in [0.2, 0.25) is 15.9 Å². The number of aryl methyl sites for hydroxylation is 3. The molecule has 0 spiro atoms. The molecule has 6 rings (SSSR count). The maximum Gasteiger partial charge on any atom is 0.241 e. The van der Waals surface area contributed by atoms with Crippen LogP contribution in [0.3, 0.4) is 0 Å². The summed E-state index contributed by atoms with van der Waals surface area (Å²) < 4.78 is 44.9. The Morgan fingerprint density at radius 2 is 1.85 bits per heavy atom. The second-order valence-corrected chi connectivity index (χ2v) is 12.9. The van der Waals surface area contributed by atoms with E-state index in [4.69, 9.17) is 0 Å². The molecule has 1 N–H and O–H groups in total. The van der Waals surface area contributed by atoms with Gasteiger partial charge in [-0.25, -0.2) is 22.5 Å². The summed E-state index contributed by atoms with van der Waals surface area (Å²) in [6.07, 6.45) is 6.64. The van der Waals surface area contributed by atoms with E-state index in [1.165, 1.54) is 12.1 Å². The summed E-state index contributed by atoms with van der Waals surface area (Å²) in [5.41, 5.74) is 4.64. The van der Waals surface area contributed by atoms with Crippen molar-refractivity contribution in [2.75, 3.05) is 4.90 Å².